The van der Waals surface area contributed by atoms with Gasteiger partial charge in [0.2, 0.25) is 0 Å². The van der Waals surface area contributed by atoms with Gasteiger partial charge in [0.25, 0.3) is 5.56 Å². The molecule has 2 heterocycles. The molecule has 0 radical (unpaired) electrons. The molecule has 38 heavy (non-hydrogen) atoms. The third-order valence-electron chi connectivity index (χ3n) is 6.01. The van der Waals surface area contributed by atoms with E-state index >= 15 is 0 Å². The number of likely N-dealkylation sites (tertiary alicyclic amines) is 1. The van der Waals surface area contributed by atoms with Gasteiger partial charge in [0.15, 0.2) is 5.82 Å². The van der Waals surface area contributed by atoms with Crippen LogP contribution >= 0.6 is 11.6 Å². The van der Waals surface area contributed by atoms with Crippen LogP contribution in [0.25, 0.3) is 0 Å². The van der Waals surface area contributed by atoms with Crippen molar-refractivity contribution in [3.05, 3.63) is 80.9 Å². The number of rotatable bonds is 5. The second-order valence-corrected chi connectivity index (χ2v) is 8.83. The third-order valence-corrected chi connectivity index (χ3v) is 6.38. The molecule has 1 fully saturated rings. The van der Waals surface area contributed by atoms with Gasteiger partial charge in [-0.3, -0.25) is 4.79 Å². The van der Waals surface area contributed by atoms with Crippen LogP contribution in [0, 0.1) is 0 Å². The van der Waals surface area contributed by atoms with E-state index < -0.39 is 23.3 Å². The van der Waals surface area contributed by atoms with Crippen LogP contribution in [0.4, 0.5) is 35.2 Å². The van der Waals surface area contributed by atoms with Gasteiger partial charge in [0, 0.05) is 36.3 Å². The van der Waals surface area contributed by atoms with Crippen LogP contribution in [0.5, 0.6) is 0 Å². The topological polar surface area (TPSA) is 116 Å². The van der Waals surface area contributed by atoms with E-state index in [1.165, 1.54) is 12.1 Å². The lowest BCUT2D eigenvalue weighted by molar-refractivity contribution is -0.137. The molecule has 8 nitrogen and oxygen atoms in total. The zero-order valence-corrected chi connectivity index (χ0v) is 21.8. The molecular weight excluding hydrogens is 521 g/mol. The number of nitrogens with one attached hydrogen (secondary N) is 3. The monoisotopic (exact) mass is 550 g/mol. The van der Waals surface area contributed by atoms with Gasteiger partial charge < -0.3 is 26.3 Å². The molecule has 4 rings (SSSR count). The summed E-state index contributed by atoms with van der Waals surface area (Å²) >= 11 is 6.19. The summed E-state index contributed by atoms with van der Waals surface area (Å²) in [5, 5.41) is 6.27. The molecule has 5 N–H and O–H groups in total. The first kappa shape index (κ1) is 28.8. The SMILES string of the molecule is CC.Nc1c(NCc2ccccc2Cl)nc(C2CCN(C(=O)Nc3ccc(C(F)(F)F)cc3)CC2)[nH]c1=O. The van der Waals surface area contributed by atoms with Crippen molar-refractivity contribution in [1.29, 1.82) is 0 Å². The van der Waals surface area contributed by atoms with Gasteiger partial charge in [-0.25, -0.2) is 9.78 Å². The summed E-state index contributed by atoms with van der Waals surface area (Å²) in [5.41, 5.74) is 5.76. The third kappa shape index (κ3) is 7.18. The second-order valence-electron chi connectivity index (χ2n) is 8.42. The highest BCUT2D eigenvalue weighted by Crippen LogP contribution is 2.30. The number of benzene rings is 2. The number of carbonyl (C=O) groups excluding carboxylic acids is 1. The smallest absolute Gasteiger partial charge is 0.391 e. The number of halogens is 4. The van der Waals surface area contributed by atoms with Crippen molar-refractivity contribution in [1.82, 2.24) is 14.9 Å². The van der Waals surface area contributed by atoms with E-state index in [0.717, 1.165) is 17.7 Å². The maximum absolute atomic E-state index is 12.7. The first-order valence-electron chi connectivity index (χ1n) is 12.2. The van der Waals surface area contributed by atoms with Gasteiger partial charge >= 0.3 is 12.2 Å². The number of nitrogen functional groups attached to an aromatic ring is 1. The van der Waals surface area contributed by atoms with Gasteiger partial charge in [-0.05, 0) is 48.7 Å². The second kappa shape index (κ2) is 12.7. The number of carbonyl (C=O) groups is 1. The lowest BCUT2D eigenvalue weighted by Gasteiger charge is -2.31. The number of piperidine rings is 1. The summed E-state index contributed by atoms with van der Waals surface area (Å²) in [4.78, 5) is 33.8. The molecule has 1 saturated heterocycles. The normalized spacial score (nSPS) is 13.9. The first-order chi connectivity index (χ1) is 18.1. The lowest BCUT2D eigenvalue weighted by Crippen LogP contribution is -2.41. The number of nitrogens with zero attached hydrogens (tertiary/aromatic N) is 2. The molecule has 2 amide bonds. The van der Waals surface area contributed by atoms with Gasteiger partial charge in [0.1, 0.15) is 11.5 Å². The zero-order chi connectivity index (χ0) is 27.9. The Labute approximate surface area is 223 Å². The number of H-pyrrole nitrogens is 1. The number of hydrogen-bond donors (Lipinski definition) is 4. The number of nitrogens with two attached hydrogens (primary N) is 1. The largest absolute Gasteiger partial charge is 0.416 e. The average molecular weight is 551 g/mol. The molecule has 1 aromatic heterocycles. The Balaban J connectivity index is 0.00000195. The highest BCUT2D eigenvalue weighted by Gasteiger charge is 2.30. The van der Waals surface area contributed by atoms with Crippen molar-refractivity contribution in [3.63, 3.8) is 0 Å². The molecule has 0 atom stereocenters. The number of alkyl halides is 3. The number of anilines is 3. The predicted octanol–water partition coefficient (Wildman–Crippen LogP) is 6.07. The molecule has 0 saturated carbocycles. The van der Waals surface area contributed by atoms with Crippen LogP contribution in [0.1, 0.15) is 49.6 Å². The van der Waals surface area contributed by atoms with Crippen LogP contribution in [0.3, 0.4) is 0 Å². The number of amides is 2. The van der Waals surface area contributed by atoms with Crippen molar-refractivity contribution in [2.45, 2.75) is 45.3 Å². The minimum absolute atomic E-state index is 0.0286. The van der Waals surface area contributed by atoms with E-state index in [9.17, 15) is 22.8 Å². The lowest BCUT2D eigenvalue weighted by atomic mass is 9.96. The summed E-state index contributed by atoms with van der Waals surface area (Å²) in [6.07, 6.45) is -3.36. The summed E-state index contributed by atoms with van der Waals surface area (Å²) in [6, 6.07) is 11.1. The molecular formula is C26H30ClF3N6O2. The molecule has 12 heteroatoms. The minimum Gasteiger partial charge on any atom is -0.391 e. The highest BCUT2D eigenvalue weighted by atomic mass is 35.5. The number of hydrogen-bond acceptors (Lipinski definition) is 5. The Morgan fingerprint density at radius 3 is 2.37 bits per heavy atom. The van der Waals surface area contributed by atoms with Crippen molar-refractivity contribution in [3.8, 4) is 0 Å². The molecule has 0 unspecified atom stereocenters. The van der Waals surface area contributed by atoms with E-state index in [1.807, 2.05) is 32.0 Å². The Hall–Kier alpha value is -3.73. The standard InChI is InChI=1S/C24H24ClF3N6O2.C2H6/c25-18-4-2-1-3-15(18)13-30-21-19(29)22(35)33-20(32-21)14-9-11-34(12-10-14)23(36)31-17-7-5-16(6-8-17)24(26,27)28;1-2/h1-8,14H,9-13,29H2,(H,31,36)(H2,30,32,33,35);1-2H3. The van der Waals surface area contributed by atoms with E-state index in [-0.39, 0.29) is 23.1 Å². The van der Waals surface area contributed by atoms with Gasteiger partial charge in [0.05, 0.1) is 5.56 Å². The number of aromatic amines is 1. The fourth-order valence-electron chi connectivity index (χ4n) is 3.95. The molecule has 0 bridgehead atoms. The van der Waals surface area contributed by atoms with E-state index in [2.05, 4.69) is 20.6 Å². The maximum Gasteiger partial charge on any atom is 0.416 e. The summed E-state index contributed by atoms with van der Waals surface area (Å²) in [5.74, 6) is 0.629. The van der Waals surface area contributed by atoms with Crippen molar-refractivity contribution < 1.29 is 18.0 Å². The van der Waals surface area contributed by atoms with Gasteiger partial charge in [-0.1, -0.05) is 43.6 Å². The Kier molecular flexibility index (Phi) is 9.62. The molecule has 0 spiro atoms. The summed E-state index contributed by atoms with van der Waals surface area (Å²) in [7, 11) is 0. The van der Waals surface area contributed by atoms with Crippen LogP contribution in [0.2, 0.25) is 5.02 Å². The van der Waals surface area contributed by atoms with E-state index in [1.54, 1.807) is 11.0 Å². The molecule has 204 valence electrons. The van der Waals surface area contributed by atoms with E-state index in [4.69, 9.17) is 17.3 Å². The average Bonchev–Trinajstić information content (AvgIpc) is 2.91. The number of aromatic nitrogens is 2. The minimum atomic E-state index is -4.44. The molecule has 2 aromatic carbocycles. The molecule has 3 aromatic rings. The van der Waals surface area contributed by atoms with Crippen molar-refractivity contribution >= 4 is 34.8 Å². The quantitative estimate of drug-likeness (QED) is 0.307. The predicted molar refractivity (Wildman–Crippen MR) is 143 cm³/mol. The first-order valence-corrected chi connectivity index (χ1v) is 12.6. The zero-order valence-electron chi connectivity index (χ0n) is 21.0. The van der Waals surface area contributed by atoms with E-state index in [0.29, 0.717) is 43.3 Å². The number of urea groups is 1. The van der Waals surface area contributed by atoms with Crippen LogP contribution in [0.15, 0.2) is 53.3 Å². The fourth-order valence-corrected chi connectivity index (χ4v) is 4.15. The van der Waals surface area contributed by atoms with Crippen LogP contribution in [-0.2, 0) is 12.7 Å². The van der Waals surface area contributed by atoms with Gasteiger partial charge in [-0.2, -0.15) is 13.2 Å². The fraction of sp³-hybridized carbons (Fsp3) is 0.346. The maximum atomic E-state index is 12.7. The van der Waals surface area contributed by atoms with Gasteiger partial charge in [-0.15, -0.1) is 0 Å². The van der Waals surface area contributed by atoms with Crippen molar-refractivity contribution in [2.75, 3.05) is 29.5 Å². The molecule has 1 aliphatic rings. The Bertz CT molecular complexity index is 1290. The summed E-state index contributed by atoms with van der Waals surface area (Å²) in [6.45, 7) is 5.10. The summed E-state index contributed by atoms with van der Waals surface area (Å²) < 4.78 is 38.2. The Morgan fingerprint density at radius 1 is 1.13 bits per heavy atom. The molecule has 0 aliphatic carbocycles. The molecule has 1 aliphatic heterocycles. The Morgan fingerprint density at radius 2 is 1.76 bits per heavy atom. The highest BCUT2D eigenvalue weighted by molar-refractivity contribution is 6.31. The van der Waals surface area contributed by atoms with Crippen molar-refractivity contribution in [2.24, 2.45) is 0 Å². The van der Waals surface area contributed by atoms with Crippen LogP contribution in [-0.4, -0.2) is 34.0 Å². The van der Waals surface area contributed by atoms with Crippen LogP contribution < -0.4 is 21.9 Å².